The van der Waals surface area contributed by atoms with Crippen molar-refractivity contribution in [2.45, 2.75) is 19.5 Å². The van der Waals surface area contributed by atoms with E-state index in [1.165, 1.54) is 0 Å². The predicted octanol–water partition coefficient (Wildman–Crippen LogP) is 4.70. The first-order chi connectivity index (χ1) is 13.7. The molecule has 1 N–H and O–H groups in total. The van der Waals surface area contributed by atoms with Gasteiger partial charge < -0.3 is 5.32 Å². The van der Waals surface area contributed by atoms with E-state index in [1.807, 2.05) is 42.5 Å². The first-order valence-electron chi connectivity index (χ1n) is 9.04. The van der Waals surface area contributed by atoms with Gasteiger partial charge in [0.15, 0.2) is 11.6 Å². The van der Waals surface area contributed by atoms with Gasteiger partial charge in [-0.2, -0.15) is 0 Å². The lowest BCUT2D eigenvalue weighted by Gasteiger charge is -2.16. The lowest BCUT2D eigenvalue weighted by molar-refractivity contribution is 0.653. The van der Waals surface area contributed by atoms with Crippen molar-refractivity contribution in [3.05, 3.63) is 87.4 Å². The molecule has 0 saturated heterocycles. The normalized spacial score (nSPS) is 12.7. The van der Waals surface area contributed by atoms with Gasteiger partial charge in [0.1, 0.15) is 6.54 Å². The number of nitrogens with zero attached hydrogens (tertiary/aromatic N) is 4. The number of aliphatic imine (C=N–C) groups is 1. The van der Waals surface area contributed by atoms with E-state index in [2.05, 4.69) is 48.7 Å². The number of rotatable bonds is 6. The lowest BCUT2D eigenvalue weighted by atomic mass is 10.0. The Bertz CT molecular complexity index is 1060. The Balaban J connectivity index is 1.83. The molecule has 7 heteroatoms. The van der Waals surface area contributed by atoms with Crippen molar-refractivity contribution in [3.8, 4) is 5.69 Å². The van der Waals surface area contributed by atoms with Gasteiger partial charge in [-0.1, -0.05) is 57.9 Å². The van der Waals surface area contributed by atoms with Gasteiger partial charge in [0.25, 0.3) is 0 Å². The van der Waals surface area contributed by atoms with Gasteiger partial charge in [0.2, 0.25) is 0 Å². The van der Waals surface area contributed by atoms with Crippen LogP contribution in [-0.2, 0) is 13.1 Å². The highest BCUT2D eigenvalue weighted by Crippen LogP contribution is 2.32. The van der Waals surface area contributed by atoms with Gasteiger partial charge in [-0.25, -0.2) is 0 Å². The summed E-state index contributed by atoms with van der Waals surface area (Å²) in [5.41, 5.74) is 3.73. The summed E-state index contributed by atoms with van der Waals surface area (Å²) in [6.07, 6.45) is 2.80. The molecule has 0 amide bonds. The first-order valence-corrected chi connectivity index (χ1v) is 10.2. The summed E-state index contributed by atoms with van der Waals surface area (Å²) in [6, 6.07) is 13.9. The van der Waals surface area contributed by atoms with Crippen LogP contribution < -0.4 is 5.32 Å². The number of aromatic nitrogens is 3. The van der Waals surface area contributed by atoms with Crippen molar-refractivity contribution in [1.82, 2.24) is 20.1 Å². The van der Waals surface area contributed by atoms with Crippen molar-refractivity contribution < 1.29 is 0 Å². The molecule has 0 saturated carbocycles. The fraction of sp³-hybridized carbons (Fsp3) is 0.190. The monoisotopic (exact) mass is 455 g/mol. The van der Waals surface area contributed by atoms with Crippen molar-refractivity contribution in [1.29, 1.82) is 0 Å². The van der Waals surface area contributed by atoms with Crippen LogP contribution in [-0.4, -0.2) is 27.0 Å². The van der Waals surface area contributed by atoms with Crippen LogP contribution in [0.3, 0.4) is 0 Å². The number of benzene rings is 2. The van der Waals surface area contributed by atoms with Crippen LogP contribution in [0.25, 0.3) is 5.69 Å². The lowest BCUT2D eigenvalue weighted by Crippen LogP contribution is -2.18. The summed E-state index contributed by atoms with van der Waals surface area (Å²) in [7, 11) is 0. The Morgan fingerprint density at radius 1 is 1.18 bits per heavy atom. The minimum Gasteiger partial charge on any atom is -0.310 e. The topological polar surface area (TPSA) is 55.1 Å². The van der Waals surface area contributed by atoms with E-state index in [0.717, 1.165) is 51.6 Å². The van der Waals surface area contributed by atoms with Crippen molar-refractivity contribution in [2.24, 2.45) is 4.99 Å². The summed E-state index contributed by atoms with van der Waals surface area (Å²) in [6.45, 7) is 5.65. The van der Waals surface area contributed by atoms with Gasteiger partial charge in [-0.15, -0.1) is 16.8 Å². The molecular weight excluding hydrogens is 438 g/mol. The summed E-state index contributed by atoms with van der Waals surface area (Å²) in [4.78, 5) is 4.87. The van der Waals surface area contributed by atoms with Gasteiger partial charge >= 0.3 is 0 Å². The molecule has 0 spiro atoms. The second kappa shape index (κ2) is 8.39. The Morgan fingerprint density at radius 3 is 2.86 bits per heavy atom. The molecule has 1 aliphatic rings. The molecule has 0 fully saturated rings. The number of hydrogen-bond donors (Lipinski definition) is 1. The van der Waals surface area contributed by atoms with Crippen molar-refractivity contribution >= 4 is 33.2 Å². The molecule has 1 aliphatic heterocycles. The third-order valence-electron chi connectivity index (χ3n) is 4.58. The van der Waals surface area contributed by atoms with Crippen LogP contribution in [0.5, 0.6) is 0 Å². The zero-order valence-corrected chi connectivity index (χ0v) is 17.5. The van der Waals surface area contributed by atoms with E-state index >= 15 is 0 Å². The average molecular weight is 457 g/mol. The molecule has 0 radical (unpaired) electrons. The zero-order chi connectivity index (χ0) is 19.5. The highest BCUT2D eigenvalue weighted by Gasteiger charge is 2.25. The maximum absolute atomic E-state index is 6.50. The van der Waals surface area contributed by atoms with Crippen LogP contribution in [0.2, 0.25) is 5.02 Å². The molecule has 0 atom stereocenters. The van der Waals surface area contributed by atoms with Gasteiger partial charge in [0.05, 0.1) is 17.9 Å². The minimum atomic E-state index is 0.432. The Kier molecular flexibility index (Phi) is 5.71. The minimum absolute atomic E-state index is 0.432. The van der Waals surface area contributed by atoms with E-state index in [4.69, 9.17) is 16.6 Å². The SMILES string of the molecule is C=CCCNCc1nnc2n1-c1cccc(Br)c1C(c1ccccc1Cl)=NC2. The molecule has 142 valence electrons. The largest absolute Gasteiger partial charge is 0.310 e. The average Bonchev–Trinajstić information content (AvgIpc) is 3.02. The summed E-state index contributed by atoms with van der Waals surface area (Å²) in [5, 5.41) is 12.9. The van der Waals surface area contributed by atoms with Crippen LogP contribution in [0, 0.1) is 0 Å². The molecule has 1 aromatic heterocycles. The van der Waals surface area contributed by atoms with E-state index in [1.54, 1.807) is 0 Å². The van der Waals surface area contributed by atoms with Crippen molar-refractivity contribution in [3.63, 3.8) is 0 Å². The Morgan fingerprint density at radius 2 is 2.04 bits per heavy atom. The van der Waals surface area contributed by atoms with E-state index < -0.39 is 0 Å². The molecule has 4 rings (SSSR count). The molecule has 3 aromatic rings. The van der Waals surface area contributed by atoms with Crippen LogP contribution in [0.15, 0.2) is 64.6 Å². The molecular formula is C21H19BrClN5. The molecule has 2 heterocycles. The fourth-order valence-electron chi connectivity index (χ4n) is 3.29. The summed E-state index contributed by atoms with van der Waals surface area (Å²) >= 11 is 10.2. The third kappa shape index (κ3) is 3.55. The van der Waals surface area contributed by atoms with Crippen LogP contribution >= 0.6 is 27.5 Å². The van der Waals surface area contributed by atoms with E-state index in [-0.39, 0.29) is 0 Å². The van der Waals surface area contributed by atoms with Gasteiger partial charge in [-0.3, -0.25) is 9.56 Å². The zero-order valence-electron chi connectivity index (χ0n) is 15.2. The quantitative estimate of drug-likeness (QED) is 0.432. The third-order valence-corrected chi connectivity index (χ3v) is 5.57. The number of nitrogens with one attached hydrogen (secondary N) is 1. The maximum Gasteiger partial charge on any atom is 0.159 e. The van der Waals surface area contributed by atoms with E-state index in [9.17, 15) is 0 Å². The Labute approximate surface area is 177 Å². The summed E-state index contributed by atoms with van der Waals surface area (Å²) in [5.74, 6) is 1.66. The van der Waals surface area contributed by atoms with Gasteiger partial charge in [-0.05, 0) is 31.2 Å². The maximum atomic E-state index is 6.50. The predicted molar refractivity (Wildman–Crippen MR) is 116 cm³/mol. The van der Waals surface area contributed by atoms with Crippen LogP contribution in [0.4, 0.5) is 0 Å². The second-order valence-electron chi connectivity index (χ2n) is 6.40. The number of halogens is 2. The summed E-state index contributed by atoms with van der Waals surface area (Å²) < 4.78 is 3.05. The number of hydrogen-bond acceptors (Lipinski definition) is 4. The Hall–Kier alpha value is -2.28. The first kappa shape index (κ1) is 19.1. The molecule has 0 aliphatic carbocycles. The standard InChI is InChI=1S/C21H19BrClN5/c1-2-3-11-24-12-18-26-27-19-13-25-21(14-7-4-5-9-16(14)23)20-15(22)8-6-10-17(20)28(18)19/h2,4-10,24H,1,3,11-13H2. The molecule has 28 heavy (non-hydrogen) atoms. The highest BCUT2D eigenvalue weighted by atomic mass is 79.9. The van der Waals surface area contributed by atoms with Crippen molar-refractivity contribution in [2.75, 3.05) is 6.54 Å². The molecule has 0 bridgehead atoms. The van der Waals surface area contributed by atoms with Gasteiger partial charge in [0, 0.05) is 20.6 Å². The molecule has 5 nitrogen and oxygen atoms in total. The highest BCUT2D eigenvalue weighted by molar-refractivity contribution is 9.10. The number of fused-ring (bicyclic) bond motifs is 3. The van der Waals surface area contributed by atoms with Crippen LogP contribution in [0.1, 0.15) is 29.2 Å². The fourth-order valence-corrected chi connectivity index (χ4v) is 4.06. The molecule has 0 unspecified atom stereocenters. The molecule has 2 aromatic carbocycles. The smallest absolute Gasteiger partial charge is 0.159 e. The second-order valence-corrected chi connectivity index (χ2v) is 7.66. The van der Waals surface area contributed by atoms with E-state index in [0.29, 0.717) is 18.1 Å².